The lowest BCUT2D eigenvalue weighted by molar-refractivity contribution is -0.122. The number of methoxy groups -OCH3 is 1. The van der Waals surface area contributed by atoms with Crippen molar-refractivity contribution in [2.24, 2.45) is 0 Å². The molecule has 0 radical (unpaired) electrons. The predicted molar refractivity (Wildman–Crippen MR) is 148 cm³/mol. The zero-order valence-electron chi connectivity index (χ0n) is 19.3. The lowest BCUT2D eigenvalue weighted by Gasteiger charge is -2.27. The lowest BCUT2D eigenvalue weighted by Crippen LogP contribution is -2.54. The second kappa shape index (κ2) is 10.3. The molecule has 0 unspecified atom stereocenters. The number of halogens is 2. The van der Waals surface area contributed by atoms with E-state index in [2.05, 4.69) is 43.8 Å². The van der Waals surface area contributed by atoms with Crippen LogP contribution >= 0.6 is 38.5 Å². The van der Waals surface area contributed by atoms with Gasteiger partial charge in [-0.2, -0.15) is 0 Å². The van der Waals surface area contributed by atoms with Crippen molar-refractivity contribution in [1.82, 2.24) is 5.32 Å². The maximum Gasteiger partial charge on any atom is 0.335 e. The van der Waals surface area contributed by atoms with Crippen LogP contribution in [0.3, 0.4) is 0 Å². The van der Waals surface area contributed by atoms with Gasteiger partial charge in [0.1, 0.15) is 11.3 Å². The van der Waals surface area contributed by atoms with Crippen LogP contribution in [0.4, 0.5) is 10.5 Å². The maximum absolute atomic E-state index is 13.3. The number of aryl methyl sites for hydroxylation is 2. The Morgan fingerprint density at radius 3 is 2.49 bits per heavy atom. The number of nitrogens with zero attached hydrogens (tertiary/aromatic N) is 1. The number of rotatable bonds is 5. The quantitative estimate of drug-likeness (QED) is 0.212. The van der Waals surface area contributed by atoms with E-state index in [-0.39, 0.29) is 5.57 Å². The number of anilines is 1. The second-order valence-corrected chi connectivity index (χ2v) is 10.2. The maximum atomic E-state index is 13.3. The number of imide groups is 2. The van der Waals surface area contributed by atoms with Crippen LogP contribution in [-0.2, 0) is 16.0 Å². The van der Waals surface area contributed by atoms with Gasteiger partial charge in [0.2, 0.25) is 0 Å². The average molecular weight is 645 g/mol. The summed E-state index contributed by atoms with van der Waals surface area (Å²) in [5, 5.41) is 2.28. The Hall–Kier alpha value is -2.98. The molecule has 1 fully saturated rings. The van der Waals surface area contributed by atoms with Gasteiger partial charge in [-0.15, -0.1) is 0 Å². The third-order valence-electron chi connectivity index (χ3n) is 5.73. The number of hydrogen-bond donors (Lipinski definition) is 1. The monoisotopic (exact) mass is 644 g/mol. The molecule has 4 amide bonds. The van der Waals surface area contributed by atoms with Gasteiger partial charge < -0.3 is 4.74 Å². The fourth-order valence-electron chi connectivity index (χ4n) is 4.00. The number of barbiturate groups is 1. The number of nitrogens with one attached hydrogen (secondary N) is 1. The van der Waals surface area contributed by atoms with Crippen LogP contribution in [0.2, 0.25) is 0 Å². The van der Waals surface area contributed by atoms with E-state index in [1.165, 1.54) is 6.08 Å². The van der Waals surface area contributed by atoms with E-state index in [9.17, 15) is 14.4 Å². The van der Waals surface area contributed by atoms with Crippen molar-refractivity contribution in [1.29, 1.82) is 0 Å². The number of urea groups is 1. The Kier molecular flexibility index (Phi) is 7.42. The van der Waals surface area contributed by atoms with Crippen molar-refractivity contribution in [2.75, 3.05) is 12.0 Å². The fraction of sp³-hybridized carbons (Fsp3) is 0.148. The molecule has 3 aromatic rings. The first-order valence-corrected chi connectivity index (χ1v) is 12.6. The van der Waals surface area contributed by atoms with Crippen LogP contribution in [0.1, 0.15) is 27.8 Å². The highest BCUT2D eigenvalue weighted by atomic mass is 127. The minimum absolute atomic E-state index is 0.124. The highest BCUT2D eigenvalue weighted by molar-refractivity contribution is 14.1. The molecular weight excluding hydrogens is 623 g/mol. The summed E-state index contributed by atoms with van der Waals surface area (Å²) in [5.41, 5.74) is 4.80. The summed E-state index contributed by atoms with van der Waals surface area (Å²) >= 11 is 5.82. The summed E-state index contributed by atoms with van der Waals surface area (Å²) in [4.78, 5) is 39.5. The zero-order valence-corrected chi connectivity index (χ0v) is 23.1. The molecule has 178 valence electrons. The molecule has 1 N–H and O–H groups in total. The Balaban J connectivity index is 1.72. The molecule has 0 spiro atoms. The molecule has 8 heteroatoms. The van der Waals surface area contributed by atoms with Crippen molar-refractivity contribution in [3.05, 3.63) is 96.0 Å². The summed E-state index contributed by atoms with van der Waals surface area (Å²) in [6.07, 6.45) is 2.14. The van der Waals surface area contributed by atoms with Gasteiger partial charge >= 0.3 is 6.03 Å². The fourth-order valence-corrected chi connectivity index (χ4v) is 5.24. The van der Waals surface area contributed by atoms with Gasteiger partial charge in [0.15, 0.2) is 0 Å². The van der Waals surface area contributed by atoms with E-state index in [1.807, 2.05) is 56.3 Å². The van der Waals surface area contributed by atoms with E-state index in [1.54, 1.807) is 19.2 Å². The standard InChI is InChI=1S/C27H22BrIN2O4/c1-15-8-9-23(16(2)10-15)31-26(33)20(25(32)30-27(31)34)11-17-12-22(29)19(24(13-17)35-3)14-18-6-4-5-7-21(18)28/h4-13H,14H2,1-3H3,(H,30,32,34)/b20-11+. The molecule has 3 aromatic carbocycles. The Bertz CT molecular complexity index is 1400. The van der Waals surface area contributed by atoms with Crippen molar-refractivity contribution >= 4 is 68.1 Å². The molecule has 1 heterocycles. The Morgan fingerprint density at radius 1 is 1.06 bits per heavy atom. The summed E-state index contributed by atoms with van der Waals surface area (Å²) in [6.45, 7) is 3.75. The van der Waals surface area contributed by atoms with Crippen molar-refractivity contribution < 1.29 is 19.1 Å². The second-order valence-electron chi connectivity index (χ2n) is 8.20. The number of amides is 4. The van der Waals surface area contributed by atoms with Crippen molar-refractivity contribution in [3.63, 3.8) is 0 Å². The Morgan fingerprint density at radius 2 is 1.80 bits per heavy atom. The van der Waals surface area contributed by atoms with Crippen LogP contribution < -0.4 is 15.0 Å². The lowest BCUT2D eigenvalue weighted by atomic mass is 10.0. The van der Waals surface area contributed by atoms with Gasteiger partial charge in [-0.1, -0.05) is 51.8 Å². The SMILES string of the molecule is COc1cc(/C=C2\C(=O)NC(=O)N(c3ccc(C)cc3C)C2=O)cc(I)c1Cc1ccccc1Br. The van der Waals surface area contributed by atoms with E-state index < -0.39 is 17.8 Å². The van der Waals surface area contributed by atoms with Crippen LogP contribution in [0.15, 0.2) is 64.6 Å². The van der Waals surface area contributed by atoms with Gasteiger partial charge in [-0.25, -0.2) is 9.69 Å². The summed E-state index contributed by atoms with van der Waals surface area (Å²) < 4.78 is 7.59. The van der Waals surface area contributed by atoms with E-state index in [4.69, 9.17) is 4.74 Å². The van der Waals surface area contributed by atoms with Gasteiger partial charge in [0.05, 0.1) is 12.8 Å². The molecule has 35 heavy (non-hydrogen) atoms. The molecule has 1 aliphatic rings. The summed E-state index contributed by atoms with van der Waals surface area (Å²) in [5.74, 6) is -0.755. The number of carbonyl (C=O) groups is 3. The number of hydrogen-bond acceptors (Lipinski definition) is 4. The van der Waals surface area contributed by atoms with Gasteiger partial charge in [-0.05, 0) is 83.5 Å². The van der Waals surface area contributed by atoms with E-state index >= 15 is 0 Å². The van der Waals surface area contributed by atoms with Crippen LogP contribution in [0.5, 0.6) is 5.75 Å². The van der Waals surface area contributed by atoms with Crippen LogP contribution in [0.25, 0.3) is 6.08 Å². The number of carbonyl (C=O) groups excluding carboxylic acids is 3. The molecule has 1 aliphatic heterocycles. The third kappa shape index (κ3) is 5.18. The molecule has 0 atom stereocenters. The van der Waals surface area contributed by atoms with Gasteiger partial charge in [0.25, 0.3) is 11.8 Å². The molecule has 0 aliphatic carbocycles. The minimum Gasteiger partial charge on any atom is -0.496 e. The molecule has 0 aromatic heterocycles. The molecule has 1 saturated heterocycles. The van der Waals surface area contributed by atoms with E-state index in [0.717, 1.165) is 35.2 Å². The predicted octanol–water partition coefficient (Wildman–Crippen LogP) is 5.94. The molecular formula is C27H22BrIN2O4. The normalized spacial score (nSPS) is 14.9. The first-order valence-electron chi connectivity index (χ1n) is 10.8. The first kappa shape index (κ1) is 25.1. The molecule has 0 bridgehead atoms. The molecule has 0 saturated carbocycles. The van der Waals surface area contributed by atoms with E-state index in [0.29, 0.717) is 23.4 Å². The largest absolute Gasteiger partial charge is 0.496 e. The first-order chi connectivity index (χ1) is 16.7. The van der Waals surface area contributed by atoms with Crippen molar-refractivity contribution in [2.45, 2.75) is 20.3 Å². The van der Waals surface area contributed by atoms with Gasteiger partial charge in [0, 0.05) is 20.0 Å². The smallest absolute Gasteiger partial charge is 0.335 e. The molecule has 6 nitrogen and oxygen atoms in total. The highest BCUT2D eigenvalue weighted by Gasteiger charge is 2.37. The zero-order chi connectivity index (χ0) is 25.3. The number of benzene rings is 3. The topological polar surface area (TPSA) is 75.7 Å². The molecule has 4 rings (SSSR count). The minimum atomic E-state index is -0.764. The van der Waals surface area contributed by atoms with Crippen LogP contribution in [0, 0.1) is 17.4 Å². The third-order valence-corrected chi connectivity index (χ3v) is 7.46. The van der Waals surface area contributed by atoms with Crippen LogP contribution in [-0.4, -0.2) is 25.0 Å². The number of ether oxygens (including phenoxy) is 1. The van der Waals surface area contributed by atoms with Gasteiger partial charge in [-0.3, -0.25) is 14.9 Å². The van der Waals surface area contributed by atoms with Crippen molar-refractivity contribution in [3.8, 4) is 5.75 Å². The summed E-state index contributed by atoms with van der Waals surface area (Å²) in [7, 11) is 1.59. The Labute approximate surface area is 225 Å². The average Bonchev–Trinajstić information content (AvgIpc) is 2.80. The summed E-state index contributed by atoms with van der Waals surface area (Å²) in [6, 6.07) is 16.3. The highest BCUT2D eigenvalue weighted by Crippen LogP contribution is 2.32.